The highest BCUT2D eigenvalue weighted by atomic mass is 32.2. The molecule has 2 amide bonds. The van der Waals surface area contributed by atoms with E-state index in [1.807, 2.05) is 41.5 Å². The maximum Gasteiger partial charge on any atom is 0.498 e. The van der Waals surface area contributed by atoms with Crippen LogP contribution in [0.25, 0.3) is 0 Å². The van der Waals surface area contributed by atoms with E-state index in [1.54, 1.807) is 25.7 Å². The number of carbonyl (C=O) groups is 2. The molecule has 2 aliphatic rings. The lowest BCUT2D eigenvalue weighted by atomic mass is 9.81. The topological polar surface area (TPSA) is 137 Å². The van der Waals surface area contributed by atoms with Gasteiger partial charge in [-0.15, -0.1) is 0 Å². The molecule has 13 heteroatoms. The molecule has 0 bridgehead atoms. The van der Waals surface area contributed by atoms with Gasteiger partial charge in [0.25, 0.3) is 0 Å². The van der Waals surface area contributed by atoms with Gasteiger partial charge in [-0.05, 0) is 79.6 Å². The summed E-state index contributed by atoms with van der Waals surface area (Å²) in [6.07, 6.45) is 4.09. The fourth-order valence-corrected chi connectivity index (χ4v) is 5.84. The summed E-state index contributed by atoms with van der Waals surface area (Å²) in [7, 11) is -4.34. The monoisotopic (exact) mass is 580 g/mol. The zero-order valence-electron chi connectivity index (χ0n) is 25.3. The van der Waals surface area contributed by atoms with E-state index in [-0.39, 0.29) is 28.7 Å². The van der Waals surface area contributed by atoms with Crippen LogP contribution in [0, 0.1) is 11.8 Å². The standard InChI is InChI=1S/C27H45BN4O7S/c1-18(2)21(31-24(34)37-25(3,4)5)22(33)32-13-10-19(11-14-32)12-15-40(35,36)23-29-16-20(17-30-23)28-38-26(6,7)27(8,9)39-28/h16-19,21H,10-15H2,1-9H3,(H,31,34)/t21-/m0/s1. The minimum atomic E-state index is -3.67. The molecule has 3 rings (SSSR count). The summed E-state index contributed by atoms with van der Waals surface area (Å²) >= 11 is 0. The number of nitrogens with zero attached hydrogens (tertiary/aromatic N) is 3. The fraction of sp³-hybridized carbons (Fsp3) is 0.778. The predicted molar refractivity (Wildman–Crippen MR) is 152 cm³/mol. The number of hydrogen-bond acceptors (Lipinski definition) is 9. The second-order valence-corrected chi connectivity index (χ2v) is 15.1. The summed E-state index contributed by atoms with van der Waals surface area (Å²) in [5.74, 6) is -0.184. The van der Waals surface area contributed by atoms with Gasteiger partial charge in [0.2, 0.25) is 20.9 Å². The summed E-state index contributed by atoms with van der Waals surface area (Å²) in [4.78, 5) is 35.4. The van der Waals surface area contributed by atoms with Crippen molar-refractivity contribution in [1.29, 1.82) is 0 Å². The molecule has 0 unspecified atom stereocenters. The number of aromatic nitrogens is 2. The fourth-order valence-electron chi connectivity index (χ4n) is 4.59. The number of alkyl carbamates (subject to hydrolysis) is 1. The van der Waals surface area contributed by atoms with Crippen molar-refractivity contribution < 1.29 is 32.1 Å². The van der Waals surface area contributed by atoms with Gasteiger partial charge < -0.3 is 24.3 Å². The number of piperidine rings is 1. The van der Waals surface area contributed by atoms with Gasteiger partial charge in [0, 0.05) is 30.9 Å². The van der Waals surface area contributed by atoms with Crippen LogP contribution in [0.1, 0.15) is 81.6 Å². The van der Waals surface area contributed by atoms with E-state index < -0.39 is 45.9 Å². The molecular formula is C27H45BN4O7S. The first kappa shape index (κ1) is 32.3. The minimum absolute atomic E-state index is 0.0731. The molecular weight excluding hydrogens is 535 g/mol. The van der Waals surface area contributed by atoms with Crippen LogP contribution >= 0.6 is 0 Å². The van der Waals surface area contributed by atoms with Crippen LogP contribution < -0.4 is 10.8 Å². The van der Waals surface area contributed by atoms with Crippen LogP contribution in [0.5, 0.6) is 0 Å². The van der Waals surface area contributed by atoms with E-state index in [4.69, 9.17) is 14.0 Å². The third kappa shape index (κ3) is 7.94. The number of carbonyl (C=O) groups excluding carboxylic acids is 2. The smallest absolute Gasteiger partial charge is 0.444 e. The number of ether oxygens (including phenoxy) is 1. The van der Waals surface area contributed by atoms with Crippen molar-refractivity contribution in [2.75, 3.05) is 18.8 Å². The van der Waals surface area contributed by atoms with Gasteiger partial charge in [0.05, 0.1) is 17.0 Å². The van der Waals surface area contributed by atoms with E-state index in [2.05, 4.69) is 15.3 Å². The molecule has 3 heterocycles. The van der Waals surface area contributed by atoms with E-state index >= 15 is 0 Å². The molecule has 0 aliphatic carbocycles. The summed E-state index contributed by atoms with van der Waals surface area (Å²) in [6, 6.07) is -0.691. The predicted octanol–water partition coefficient (Wildman–Crippen LogP) is 2.73. The minimum Gasteiger partial charge on any atom is -0.444 e. The van der Waals surface area contributed by atoms with E-state index in [0.717, 1.165) is 0 Å². The van der Waals surface area contributed by atoms with Crippen LogP contribution in [-0.4, -0.2) is 84.1 Å². The molecule has 0 saturated carbocycles. The Morgan fingerprint density at radius 1 is 1.10 bits per heavy atom. The molecule has 0 aromatic carbocycles. The van der Waals surface area contributed by atoms with Gasteiger partial charge >= 0.3 is 13.2 Å². The van der Waals surface area contributed by atoms with Crippen molar-refractivity contribution in [2.24, 2.45) is 11.8 Å². The Balaban J connectivity index is 1.51. The third-order valence-corrected chi connectivity index (χ3v) is 9.32. The zero-order chi connectivity index (χ0) is 30.1. The van der Waals surface area contributed by atoms with E-state index in [0.29, 0.717) is 37.8 Å². The molecule has 11 nitrogen and oxygen atoms in total. The molecule has 40 heavy (non-hydrogen) atoms. The molecule has 224 valence electrons. The van der Waals surface area contributed by atoms with Crippen molar-refractivity contribution in [2.45, 2.75) is 110 Å². The average molecular weight is 581 g/mol. The Bertz CT molecular complexity index is 1140. The SMILES string of the molecule is CC(C)[C@H](NC(=O)OC(C)(C)C)C(=O)N1CCC(CCS(=O)(=O)c2ncc(B3OC(C)(C)C(C)(C)O3)cn2)CC1. The van der Waals surface area contributed by atoms with Crippen molar-refractivity contribution in [3.63, 3.8) is 0 Å². The molecule has 2 fully saturated rings. The summed E-state index contributed by atoms with van der Waals surface area (Å²) in [5, 5.41) is 2.50. The number of hydrogen-bond donors (Lipinski definition) is 1. The van der Waals surface area contributed by atoms with Crippen LogP contribution in [-0.2, 0) is 28.7 Å². The Morgan fingerprint density at radius 2 is 1.62 bits per heavy atom. The molecule has 2 saturated heterocycles. The van der Waals surface area contributed by atoms with Gasteiger partial charge in [-0.2, -0.15) is 0 Å². The highest BCUT2D eigenvalue weighted by Gasteiger charge is 2.52. The maximum absolute atomic E-state index is 13.2. The van der Waals surface area contributed by atoms with Gasteiger partial charge in [0.1, 0.15) is 11.6 Å². The highest BCUT2D eigenvalue weighted by molar-refractivity contribution is 7.91. The van der Waals surface area contributed by atoms with Crippen LogP contribution in [0.4, 0.5) is 4.79 Å². The first-order chi connectivity index (χ1) is 18.3. The average Bonchev–Trinajstić information content (AvgIpc) is 3.06. The number of rotatable bonds is 8. The van der Waals surface area contributed by atoms with Crippen molar-refractivity contribution >= 4 is 34.4 Å². The highest BCUT2D eigenvalue weighted by Crippen LogP contribution is 2.36. The molecule has 0 spiro atoms. The Kier molecular flexibility index (Phi) is 9.63. The second kappa shape index (κ2) is 11.9. The van der Waals surface area contributed by atoms with E-state index in [1.165, 1.54) is 12.4 Å². The van der Waals surface area contributed by atoms with Crippen molar-refractivity contribution in [3.8, 4) is 0 Å². The Morgan fingerprint density at radius 3 is 2.10 bits per heavy atom. The first-order valence-electron chi connectivity index (χ1n) is 14.0. The molecule has 1 aromatic heterocycles. The summed E-state index contributed by atoms with van der Waals surface area (Å²) in [6.45, 7) is 17.8. The van der Waals surface area contributed by atoms with Gasteiger partial charge in [-0.3, -0.25) is 4.79 Å². The molecule has 0 radical (unpaired) electrons. The number of amides is 2. The summed E-state index contributed by atoms with van der Waals surface area (Å²) < 4.78 is 43.2. The number of likely N-dealkylation sites (tertiary alicyclic amines) is 1. The second-order valence-electron chi connectivity index (χ2n) is 13.1. The van der Waals surface area contributed by atoms with E-state index in [9.17, 15) is 18.0 Å². The first-order valence-corrected chi connectivity index (χ1v) is 15.7. The molecule has 1 atom stereocenters. The molecule has 1 aromatic rings. The van der Waals surface area contributed by atoms with Gasteiger partial charge in [-0.25, -0.2) is 23.2 Å². The van der Waals surface area contributed by atoms with Crippen molar-refractivity contribution in [3.05, 3.63) is 12.4 Å². The lowest BCUT2D eigenvalue weighted by Crippen LogP contribution is -2.53. The summed E-state index contributed by atoms with van der Waals surface area (Å²) in [5.41, 5.74) is -1.14. The van der Waals surface area contributed by atoms with Gasteiger partial charge in [0.15, 0.2) is 0 Å². The Labute approximate surface area is 239 Å². The molecule has 1 N–H and O–H groups in total. The number of nitrogens with one attached hydrogen (secondary N) is 1. The lowest BCUT2D eigenvalue weighted by Gasteiger charge is -2.35. The largest absolute Gasteiger partial charge is 0.498 e. The van der Waals surface area contributed by atoms with Crippen LogP contribution in [0.15, 0.2) is 17.6 Å². The third-order valence-electron chi connectivity index (χ3n) is 7.78. The van der Waals surface area contributed by atoms with Crippen molar-refractivity contribution in [1.82, 2.24) is 20.2 Å². The normalized spacial score (nSPS) is 20.4. The van der Waals surface area contributed by atoms with Crippen LogP contribution in [0.2, 0.25) is 0 Å². The lowest BCUT2D eigenvalue weighted by molar-refractivity contribution is -0.136. The van der Waals surface area contributed by atoms with Gasteiger partial charge in [-0.1, -0.05) is 13.8 Å². The molecule has 2 aliphatic heterocycles. The maximum atomic E-state index is 13.2. The van der Waals surface area contributed by atoms with Crippen LogP contribution in [0.3, 0.4) is 0 Å². The zero-order valence-corrected chi connectivity index (χ0v) is 26.1. The number of sulfone groups is 1. The quantitative estimate of drug-likeness (QED) is 0.364. The Hall–Kier alpha value is -2.25.